The minimum absolute atomic E-state index is 0.236. The smallest absolute Gasteiger partial charge is 0.236 e. The van der Waals surface area contributed by atoms with Crippen molar-refractivity contribution in [2.45, 2.75) is 6.04 Å². The van der Waals surface area contributed by atoms with Gasteiger partial charge in [-0.25, -0.2) is 0 Å². The number of amides is 1. The van der Waals surface area contributed by atoms with Crippen molar-refractivity contribution >= 4 is 5.91 Å². The maximum atomic E-state index is 10.2. The summed E-state index contributed by atoms with van der Waals surface area (Å²) in [7, 11) is 1.52. The van der Waals surface area contributed by atoms with E-state index in [2.05, 4.69) is 12.2 Å². The molecule has 0 bridgehead atoms. The van der Waals surface area contributed by atoms with Crippen LogP contribution in [0.3, 0.4) is 0 Å². The van der Waals surface area contributed by atoms with E-state index in [4.69, 9.17) is 5.73 Å². The van der Waals surface area contributed by atoms with Gasteiger partial charge in [0.1, 0.15) is 0 Å². The van der Waals surface area contributed by atoms with Gasteiger partial charge in [0.2, 0.25) is 5.91 Å². The molecule has 0 aromatic heterocycles. The lowest BCUT2D eigenvalue weighted by atomic mass is 10.3. The third-order valence-corrected chi connectivity index (χ3v) is 0.583. The summed E-state index contributed by atoms with van der Waals surface area (Å²) in [5.41, 5.74) is 5.02. The van der Waals surface area contributed by atoms with Gasteiger partial charge in [-0.15, -0.1) is 0 Å². The van der Waals surface area contributed by atoms with E-state index in [0.29, 0.717) is 0 Å². The summed E-state index contributed by atoms with van der Waals surface area (Å²) in [6.07, 6.45) is 0. The van der Waals surface area contributed by atoms with Crippen LogP contribution in [0.15, 0.2) is 0 Å². The number of nitrogens with one attached hydrogen (secondary N) is 1. The standard InChI is InChI=1S/C4H9N2O/c1-3(5)4(7)6-2/h3H,1,5H2,2H3,(H,6,7). The van der Waals surface area contributed by atoms with Gasteiger partial charge in [-0.3, -0.25) is 4.79 Å². The van der Waals surface area contributed by atoms with Crippen LogP contribution in [0.2, 0.25) is 0 Å². The molecule has 1 radical (unpaired) electrons. The average Bonchev–Trinajstić information content (AvgIpc) is 1.65. The lowest BCUT2D eigenvalue weighted by molar-refractivity contribution is -0.120. The van der Waals surface area contributed by atoms with Crippen LogP contribution in [0.4, 0.5) is 0 Å². The molecule has 1 atom stereocenters. The SMILES string of the molecule is [CH2]C(N)C(=O)NC. The number of likely N-dealkylation sites (N-methyl/N-ethyl adjacent to an activating group) is 1. The van der Waals surface area contributed by atoms with Gasteiger partial charge in [0.15, 0.2) is 0 Å². The van der Waals surface area contributed by atoms with Gasteiger partial charge in [-0.2, -0.15) is 0 Å². The molecule has 0 aromatic carbocycles. The predicted octanol–water partition coefficient (Wildman–Crippen LogP) is -1.11. The number of nitrogens with two attached hydrogens (primary N) is 1. The highest BCUT2D eigenvalue weighted by Gasteiger charge is 2.00. The second kappa shape index (κ2) is 2.58. The second-order valence-corrected chi connectivity index (χ2v) is 1.22. The maximum absolute atomic E-state index is 10.2. The van der Waals surface area contributed by atoms with Crippen molar-refractivity contribution in [1.82, 2.24) is 5.32 Å². The van der Waals surface area contributed by atoms with E-state index >= 15 is 0 Å². The molecule has 0 aliphatic carbocycles. The van der Waals surface area contributed by atoms with Crippen molar-refractivity contribution in [3.8, 4) is 0 Å². The van der Waals surface area contributed by atoms with Gasteiger partial charge in [0.05, 0.1) is 6.04 Å². The van der Waals surface area contributed by atoms with E-state index in [9.17, 15) is 4.79 Å². The Kier molecular flexibility index (Phi) is 2.37. The summed E-state index contributed by atoms with van der Waals surface area (Å²) in [5, 5.41) is 2.34. The van der Waals surface area contributed by atoms with E-state index in [1.54, 1.807) is 0 Å². The largest absolute Gasteiger partial charge is 0.358 e. The van der Waals surface area contributed by atoms with Gasteiger partial charge in [-0.05, 0) is 6.92 Å². The average molecular weight is 101 g/mol. The molecule has 41 valence electrons. The summed E-state index contributed by atoms with van der Waals surface area (Å²) in [6.45, 7) is 3.27. The molecule has 0 saturated carbocycles. The summed E-state index contributed by atoms with van der Waals surface area (Å²) in [6, 6.07) is -0.634. The van der Waals surface area contributed by atoms with Crippen LogP contribution in [0, 0.1) is 6.92 Å². The van der Waals surface area contributed by atoms with Crippen molar-refractivity contribution in [1.29, 1.82) is 0 Å². The fourth-order valence-electron chi connectivity index (χ4n) is 0.185. The highest BCUT2D eigenvalue weighted by Crippen LogP contribution is 1.68. The van der Waals surface area contributed by atoms with Gasteiger partial charge < -0.3 is 11.1 Å². The highest BCUT2D eigenvalue weighted by atomic mass is 16.2. The third kappa shape index (κ3) is 2.17. The van der Waals surface area contributed by atoms with E-state index in [-0.39, 0.29) is 5.91 Å². The van der Waals surface area contributed by atoms with Crippen LogP contribution in [0.5, 0.6) is 0 Å². The van der Waals surface area contributed by atoms with Crippen molar-refractivity contribution < 1.29 is 4.79 Å². The van der Waals surface area contributed by atoms with Crippen LogP contribution in [-0.2, 0) is 4.79 Å². The lowest BCUT2D eigenvalue weighted by Gasteiger charge is -1.98. The summed E-state index contributed by atoms with van der Waals surface area (Å²) < 4.78 is 0. The van der Waals surface area contributed by atoms with E-state index in [1.165, 1.54) is 7.05 Å². The summed E-state index contributed by atoms with van der Waals surface area (Å²) in [4.78, 5) is 10.2. The molecule has 1 amide bonds. The topological polar surface area (TPSA) is 55.1 Å². The zero-order valence-corrected chi connectivity index (χ0v) is 4.27. The van der Waals surface area contributed by atoms with Crippen molar-refractivity contribution in [2.75, 3.05) is 7.05 Å². The van der Waals surface area contributed by atoms with E-state index < -0.39 is 6.04 Å². The minimum Gasteiger partial charge on any atom is -0.358 e. The van der Waals surface area contributed by atoms with Gasteiger partial charge in [-0.1, -0.05) is 0 Å². The quantitative estimate of drug-likeness (QED) is 0.440. The Morgan fingerprint density at radius 1 is 2.00 bits per heavy atom. The zero-order valence-electron chi connectivity index (χ0n) is 4.27. The van der Waals surface area contributed by atoms with Crippen molar-refractivity contribution in [3.05, 3.63) is 6.92 Å². The Labute approximate surface area is 42.9 Å². The Balaban J connectivity index is 3.35. The molecule has 0 saturated heterocycles. The van der Waals surface area contributed by atoms with Crippen LogP contribution < -0.4 is 11.1 Å². The zero-order chi connectivity index (χ0) is 5.86. The van der Waals surface area contributed by atoms with Crippen molar-refractivity contribution in [2.24, 2.45) is 5.73 Å². The maximum Gasteiger partial charge on any atom is 0.236 e. The van der Waals surface area contributed by atoms with Crippen LogP contribution in [0.25, 0.3) is 0 Å². The Morgan fingerprint density at radius 2 is 2.43 bits per heavy atom. The third-order valence-electron chi connectivity index (χ3n) is 0.583. The second-order valence-electron chi connectivity index (χ2n) is 1.22. The molecule has 0 aliphatic rings. The molecule has 7 heavy (non-hydrogen) atoms. The number of rotatable bonds is 1. The Morgan fingerprint density at radius 3 is 2.43 bits per heavy atom. The summed E-state index contributed by atoms with van der Waals surface area (Å²) >= 11 is 0. The minimum atomic E-state index is -0.634. The molecule has 0 spiro atoms. The highest BCUT2D eigenvalue weighted by molar-refractivity contribution is 5.81. The number of hydrogen-bond donors (Lipinski definition) is 2. The molecule has 3 heteroatoms. The van der Waals surface area contributed by atoms with Crippen LogP contribution in [0.1, 0.15) is 0 Å². The molecular formula is C4H9N2O. The molecule has 0 heterocycles. The first-order chi connectivity index (χ1) is 3.18. The van der Waals surface area contributed by atoms with Crippen LogP contribution in [-0.4, -0.2) is 19.0 Å². The normalized spacial score (nSPS) is 13.0. The molecule has 3 nitrogen and oxygen atoms in total. The van der Waals surface area contributed by atoms with E-state index in [0.717, 1.165) is 0 Å². The summed E-state index contributed by atoms with van der Waals surface area (Å²) in [5.74, 6) is -0.236. The molecular weight excluding hydrogens is 92.1 g/mol. The van der Waals surface area contributed by atoms with Crippen molar-refractivity contribution in [3.63, 3.8) is 0 Å². The van der Waals surface area contributed by atoms with Gasteiger partial charge in [0, 0.05) is 7.05 Å². The molecule has 0 aliphatic heterocycles. The number of hydrogen-bond acceptors (Lipinski definition) is 2. The molecule has 0 fully saturated rings. The first-order valence-electron chi connectivity index (χ1n) is 1.98. The molecule has 0 aromatic rings. The fraction of sp³-hybridized carbons (Fsp3) is 0.500. The fourth-order valence-corrected chi connectivity index (χ4v) is 0.185. The van der Waals surface area contributed by atoms with Gasteiger partial charge >= 0.3 is 0 Å². The number of carbonyl (C=O) groups is 1. The lowest BCUT2D eigenvalue weighted by Crippen LogP contribution is -2.36. The Bertz CT molecular complexity index is 70.1. The van der Waals surface area contributed by atoms with Gasteiger partial charge in [0.25, 0.3) is 0 Å². The Hall–Kier alpha value is -0.570. The van der Waals surface area contributed by atoms with Crippen LogP contribution >= 0.6 is 0 Å². The predicted molar refractivity (Wildman–Crippen MR) is 27.4 cm³/mol. The first kappa shape index (κ1) is 6.43. The molecule has 0 rings (SSSR count). The van der Waals surface area contributed by atoms with E-state index in [1.807, 2.05) is 0 Å². The molecule has 1 unspecified atom stereocenters. The monoisotopic (exact) mass is 101 g/mol. The number of carbonyl (C=O) groups excluding carboxylic acids is 1. The molecule has 3 N–H and O–H groups in total. The first-order valence-corrected chi connectivity index (χ1v) is 1.98.